The number of hydrogen-bond donors (Lipinski definition) is 0. The van der Waals surface area contributed by atoms with Gasteiger partial charge in [0.1, 0.15) is 5.56 Å². The van der Waals surface area contributed by atoms with Crippen LogP contribution in [-0.4, -0.2) is 67.8 Å². The van der Waals surface area contributed by atoms with Gasteiger partial charge >= 0.3 is 11.9 Å². The molecule has 7 nitrogen and oxygen atoms in total. The van der Waals surface area contributed by atoms with Crippen LogP contribution in [-0.2, 0) is 9.47 Å². The van der Waals surface area contributed by atoms with E-state index in [9.17, 15) is 9.59 Å². The summed E-state index contributed by atoms with van der Waals surface area (Å²) in [5.74, 6) is -0.779. The van der Waals surface area contributed by atoms with E-state index < -0.39 is 5.97 Å². The number of carbonyl (C=O) groups excluding carboxylic acids is 2. The standard InChI is InChI=1S/C21H27N3O4/c1-4-23-9-11-24(12-10-23)19-16-13-15(20(25)27-5-2)7-8-18(16)22-14-17(19)21(26)28-6-3/h7-8,13-14H,4-6,9-12H2,1-3H3. The second-order valence-electron chi connectivity index (χ2n) is 6.61. The molecule has 1 saturated heterocycles. The van der Waals surface area contributed by atoms with Crippen LogP contribution in [0.25, 0.3) is 10.9 Å². The van der Waals surface area contributed by atoms with Gasteiger partial charge in [0.15, 0.2) is 0 Å². The Hall–Kier alpha value is -2.67. The van der Waals surface area contributed by atoms with E-state index in [2.05, 4.69) is 21.7 Å². The van der Waals surface area contributed by atoms with E-state index in [1.54, 1.807) is 38.2 Å². The highest BCUT2D eigenvalue weighted by Gasteiger charge is 2.25. The number of pyridine rings is 1. The number of benzene rings is 1. The number of carbonyl (C=O) groups is 2. The largest absolute Gasteiger partial charge is 0.462 e. The zero-order chi connectivity index (χ0) is 20.1. The third-order valence-electron chi connectivity index (χ3n) is 4.98. The van der Waals surface area contributed by atoms with E-state index in [0.717, 1.165) is 49.3 Å². The van der Waals surface area contributed by atoms with E-state index in [1.165, 1.54) is 0 Å². The van der Waals surface area contributed by atoms with E-state index in [-0.39, 0.29) is 5.97 Å². The predicted molar refractivity (Wildman–Crippen MR) is 108 cm³/mol. The molecule has 3 rings (SSSR count). The summed E-state index contributed by atoms with van der Waals surface area (Å²) in [6, 6.07) is 5.27. The number of likely N-dealkylation sites (N-methyl/N-ethyl adjacent to an activating group) is 1. The predicted octanol–water partition coefficient (Wildman–Crippen LogP) is 2.73. The number of rotatable bonds is 6. The Kier molecular flexibility index (Phi) is 6.46. The minimum atomic E-state index is -0.397. The summed E-state index contributed by atoms with van der Waals surface area (Å²) in [7, 11) is 0. The number of aromatic nitrogens is 1. The molecule has 0 bridgehead atoms. The lowest BCUT2D eigenvalue weighted by Gasteiger charge is -2.36. The maximum atomic E-state index is 12.6. The lowest BCUT2D eigenvalue weighted by atomic mass is 10.0. The van der Waals surface area contributed by atoms with Crippen molar-refractivity contribution in [2.45, 2.75) is 20.8 Å². The molecule has 1 aromatic heterocycles. The second kappa shape index (κ2) is 9.01. The number of piperazine rings is 1. The van der Waals surface area contributed by atoms with Crippen molar-refractivity contribution in [3.8, 4) is 0 Å². The van der Waals surface area contributed by atoms with Crippen LogP contribution in [0.5, 0.6) is 0 Å². The summed E-state index contributed by atoms with van der Waals surface area (Å²) in [5.41, 5.74) is 2.39. The molecule has 1 fully saturated rings. The fraction of sp³-hybridized carbons (Fsp3) is 0.476. The van der Waals surface area contributed by atoms with Crippen LogP contribution in [0.3, 0.4) is 0 Å². The number of nitrogens with zero attached hydrogens (tertiary/aromatic N) is 3. The van der Waals surface area contributed by atoms with E-state index >= 15 is 0 Å². The average molecular weight is 385 g/mol. The topological polar surface area (TPSA) is 72.0 Å². The van der Waals surface area contributed by atoms with Crippen molar-refractivity contribution in [3.05, 3.63) is 35.5 Å². The number of fused-ring (bicyclic) bond motifs is 1. The Morgan fingerprint density at radius 2 is 1.68 bits per heavy atom. The van der Waals surface area contributed by atoms with Crippen molar-refractivity contribution in [2.75, 3.05) is 50.8 Å². The molecule has 7 heteroatoms. The Morgan fingerprint density at radius 1 is 1.00 bits per heavy atom. The molecule has 2 heterocycles. The molecule has 1 aliphatic rings. The molecule has 150 valence electrons. The summed E-state index contributed by atoms with van der Waals surface area (Å²) < 4.78 is 10.4. The molecule has 28 heavy (non-hydrogen) atoms. The van der Waals surface area contributed by atoms with Gasteiger partial charge in [0.2, 0.25) is 0 Å². The third kappa shape index (κ3) is 4.09. The van der Waals surface area contributed by atoms with Gasteiger partial charge in [-0.05, 0) is 38.6 Å². The number of hydrogen-bond acceptors (Lipinski definition) is 7. The Morgan fingerprint density at radius 3 is 2.32 bits per heavy atom. The average Bonchev–Trinajstić information content (AvgIpc) is 2.73. The molecule has 0 amide bonds. The van der Waals surface area contributed by atoms with Gasteiger partial charge in [-0.1, -0.05) is 6.92 Å². The number of anilines is 1. The van der Waals surface area contributed by atoms with Crippen molar-refractivity contribution < 1.29 is 19.1 Å². The molecule has 0 saturated carbocycles. The SMILES string of the molecule is CCOC(=O)c1ccc2ncc(C(=O)OCC)c(N3CCN(CC)CC3)c2c1. The highest BCUT2D eigenvalue weighted by molar-refractivity contribution is 6.07. The van der Waals surface area contributed by atoms with Crippen LogP contribution in [0.4, 0.5) is 5.69 Å². The highest BCUT2D eigenvalue weighted by atomic mass is 16.5. The first-order chi connectivity index (χ1) is 13.6. The quantitative estimate of drug-likeness (QED) is 0.708. The summed E-state index contributed by atoms with van der Waals surface area (Å²) >= 11 is 0. The smallest absolute Gasteiger partial charge is 0.341 e. The fourth-order valence-electron chi connectivity index (χ4n) is 3.51. The zero-order valence-electron chi connectivity index (χ0n) is 16.7. The Balaban J connectivity index is 2.11. The molecule has 1 aromatic carbocycles. The Labute approximate surface area is 165 Å². The lowest BCUT2D eigenvalue weighted by Crippen LogP contribution is -2.46. The lowest BCUT2D eigenvalue weighted by molar-refractivity contribution is 0.0517. The van der Waals surface area contributed by atoms with Gasteiger partial charge in [-0.15, -0.1) is 0 Å². The van der Waals surface area contributed by atoms with Gasteiger partial charge in [0, 0.05) is 37.8 Å². The van der Waals surface area contributed by atoms with Crippen molar-refractivity contribution >= 4 is 28.5 Å². The maximum absolute atomic E-state index is 12.6. The van der Waals surface area contributed by atoms with Crippen LogP contribution in [0, 0.1) is 0 Å². The van der Waals surface area contributed by atoms with Gasteiger partial charge < -0.3 is 19.3 Å². The van der Waals surface area contributed by atoms with E-state index in [0.29, 0.717) is 24.3 Å². The molecule has 0 radical (unpaired) electrons. The highest BCUT2D eigenvalue weighted by Crippen LogP contribution is 2.32. The minimum Gasteiger partial charge on any atom is -0.462 e. The monoisotopic (exact) mass is 385 g/mol. The molecular formula is C21H27N3O4. The first-order valence-electron chi connectivity index (χ1n) is 9.83. The van der Waals surface area contributed by atoms with Gasteiger partial charge in [0.25, 0.3) is 0 Å². The molecule has 0 N–H and O–H groups in total. The number of esters is 2. The van der Waals surface area contributed by atoms with Crippen molar-refractivity contribution in [1.29, 1.82) is 0 Å². The minimum absolute atomic E-state index is 0.294. The number of ether oxygens (including phenoxy) is 2. The van der Waals surface area contributed by atoms with Crippen LogP contribution >= 0.6 is 0 Å². The molecule has 0 spiro atoms. The van der Waals surface area contributed by atoms with Crippen LogP contribution in [0.15, 0.2) is 24.4 Å². The summed E-state index contributed by atoms with van der Waals surface area (Å²) in [6.07, 6.45) is 1.58. The maximum Gasteiger partial charge on any atom is 0.341 e. The fourth-order valence-corrected chi connectivity index (χ4v) is 3.51. The third-order valence-corrected chi connectivity index (χ3v) is 4.98. The van der Waals surface area contributed by atoms with Crippen LogP contribution < -0.4 is 4.90 Å². The van der Waals surface area contributed by atoms with Gasteiger partial charge in [-0.25, -0.2) is 9.59 Å². The molecule has 0 unspecified atom stereocenters. The molecular weight excluding hydrogens is 358 g/mol. The van der Waals surface area contributed by atoms with Gasteiger partial charge in [-0.3, -0.25) is 4.98 Å². The van der Waals surface area contributed by atoms with Crippen molar-refractivity contribution in [2.24, 2.45) is 0 Å². The normalized spacial score (nSPS) is 14.9. The molecule has 0 atom stereocenters. The summed E-state index contributed by atoms with van der Waals surface area (Å²) in [5, 5.41) is 0.765. The first kappa shape index (κ1) is 20.1. The van der Waals surface area contributed by atoms with Crippen molar-refractivity contribution in [1.82, 2.24) is 9.88 Å². The van der Waals surface area contributed by atoms with Crippen molar-refractivity contribution in [3.63, 3.8) is 0 Å². The van der Waals surface area contributed by atoms with Gasteiger partial charge in [0.05, 0.1) is 30.0 Å². The second-order valence-corrected chi connectivity index (χ2v) is 6.61. The zero-order valence-corrected chi connectivity index (χ0v) is 16.7. The van der Waals surface area contributed by atoms with E-state index in [4.69, 9.17) is 9.47 Å². The Bertz CT molecular complexity index is 855. The van der Waals surface area contributed by atoms with Crippen LogP contribution in [0.2, 0.25) is 0 Å². The molecule has 0 aliphatic carbocycles. The first-order valence-corrected chi connectivity index (χ1v) is 9.83. The summed E-state index contributed by atoms with van der Waals surface area (Å²) in [4.78, 5) is 33.8. The van der Waals surface area contributed by atoms with Gasteiger partial charge in [-0.2, -0.15) is 0 Å². The van der Waals surface area contributed by atoms with Crippen LogP contribution in [0.1, 0.15) is 41.5 Å². The molecule has 1 aliphatic heterocycles. The van der Waals surface area contributed by atoms with E-state index in [1.807, 2.05) is 0 Å². The molecule has 2 aromatic rings. The summed E-state index contributed by atoms with van der Waals surface area (Å²) in [6.45, 7) is 10.7.